The Balaban J connectivity index is 1.82. The highest BCUT2D eigenvalue weighted by Crippen LogP contribution is 2.42. The Hall–Kier alpha value is -2.92. The maximum atomic E-state index is 13.5. The van der Waals surface area contributed by atoms with Crippen molar-refractivity contribution < 1.29 is 24.2 Å². The molecule has 3 heterocycles. The molecule has 168 valence electrons. The Bertz CT molecular complexity index is 1280. The van der Waals surface area contributed by atoms with E-state index in [9.17, 15) is 19.5 Å². The zero-order valence-corrected chi connectivity index (χ0v) is 19.9. The number of nitrogens with zero attached hydrogens (tertiary/aromatic N) is 2. The Morgan fingerprint density at radius 1 is 1.41 bits per heavy atom. The van der Waals surface area contributed by atoms with E-state index in [1.807, 2.05) is 0 Å². The first-order chi connectivity index (χ1) is 15.1. The molecule has 1 aromatic carbocycles. The number of hydrogen-bond donors (Lipinski definition) is 2. The van der Waals surface area contributed by atoms with Crippen LogP contribution in [0.15, 0.2) is 32.3 Å². The second-order valence-electron chi connectivity index (χ2n) is 8.18. The largest absolute Gasteiger partial charge is 0.506 e. The quantitative estimate of drug-likeness (QED) is 0.506. The monoisotopic (exact) mass is 521 g/mol. The van der Waals surface area contributed by atoms with E-state index in [0.29, 0.717) is 21.4 Å². The second kappa shape index (κ2) is 8.21. The van der Waals surface area contributed by atoms with Gasteiger partial charge in [-0.25, -0.2) is 4.98 Å². The number of rotatable bonds is 4. The van der Waals surface area contributed by atoms with Crippen LogP contribution < -0.4 is 15.6 Å². The Morgan fingerprint density at radius 2 is 2.16 bits per heavy atom. The van der Waals surface area contributed by atoms with Gasteiger partial charge in [-0.2, -0.15) is 0 Å². The van der Waals surface area contributed by atoms with E-state index in [1.165, 1.54) is 15.9 Å². The average molecular weight is 522 g/mol. The molecule has 0 radical (unpaired) electrons. The molecule has 1 aliphatic heterocycles. The summed E-state index contributed by atoms with van der Waals surface area (Å²) in [4.78, 5) is 42.7. The third-order valence-electron chi connectivity index (χ3n) is 4.78. The Morgan fingerprint density at radius 3 is 2.81 bits per heavy atom. The molecule has 2 aromatic heterocycles. The molecule has 0 bridgehead atoms. The lowest BCUT2D eigenvalue weighted by Gasteiger charge is -2.29. The molecule has 11 heteroatoms. The van der Waals surface area contributed by atoms with E-state index in [4.69, 9.17) is 9.47 Å². The molecule has 1 atom stereocenters. The van der Waals surface area contributed by atoms with E-state index in [0.717, 1.165) is 0 Å². The zero-order valence-electron chi connectivity index (χ0n) is 17.5. The number of nitrogens with one attached hydrogen (secondary N) is 1. The minimum atomic E-state index is -0.878. The molecule has 0 saturated heterocycles. The molecule has 0 aliphatic carbocycles. The normalized spacial score (nSPS) is 15.3. The number of pyridine rings is 1. The van der Waals surface area contributed by atoms with Crippen molar-refractivity contribution in [1.82, 2.24) is 14.9 Å². The molecule has 32 heavy (non-hydrogen) atoms. The lowest BCUT2D eigenvalue weighted by Crippen LogP contribution is -2.40. The predicted octanol–water partition coefficient (Wildman–Crippen LogP) is 2.98. The van der Waals surface area contributed by atoms with E-state index >= 15 is 0 Å². The topological polar surface area (TPSA) is 120 Å². The third-order valence-corrected chi connectivity index (χ3v) is 6.01. The van der Waals surface area contributed by atoms with Gasteiger partial charge < -0.3 is 19.9 Å². The number of carbonyl (C=O) groups is 2. The number of amides is 1. The number of halogens is 1. The van der Waals surface area contributed by atoms with Crippen molar-refractivity contribution in [3.05, 3.63) is 49.1 Å². The zero-order chi connectivity index (χ0) is 23.2. The van der Waals surface area contributed by atoms with Crippen molar-refractivity contribution in [1.29, 1.82) is 0 Å². The molecule has 2 N–H and O–H groups in total. The molecule has 9 nitrogen and oxygen atoms in total. The van der Waals surface area contributed by atoms with Crippen LogP contribution in [0.2, 0.25) is 0 Å². The summed E-state index contributed by atoms with van der Waals surface area (Å²) in [6.07, 6.45) is 0. The van der Waals surface area contributed by atoms with Gasteiger partial charge in [-0.3, -0.25) is 19.0 Å². The summed E-state index contributed by atoms with van der Waals surface area (Å²) in [6.45, 7) is 4.79. The van der Waals surface area contributed by atoms with Crippen LogP contribution in [0.3, 0.4) is 0 Å². The van der Waals surface area contributed by atoms with Crippen LogP contribution in [0.25, 0.3) is 10.9 Å². The van der Waals surface area contributed by atoms with Crippen molar-refractivity contribution >= 4 is 50.0 Å². The number of ether oxygens (including phenoxy) is 2. The number of benzene rings is 1. The molecule has 1 unspecified atom stereocenters. The number of aromatic nitrogens is 2. The summed E-state index contributed by atoms with van der Waals surface area (Å²) in [5.41, 5.74) is 0.711. The van der Waals surface area contributed by atoms with Crippen molar-refractivity contribution in [3.8, 4) is 11.5 Å². The van der Waals surface area contributed by atoms with Crippen LogP contribution in [0.4, 0.5) is 0 Å². The molecule has 0 fully saturated rings. The highest BCUT2D eigenvalue weighted by Gasteiger charge is 2.33. The van der Waals surface area contributed by atoms with Crippen molar-refractivity contribution in [2.24, 2.45) is 0 Å². The van der Waals surface area contributed by atoms with Crippen LogP contribution >= 0.6 is 27.3 Å². The first-order valence-corrected chi connectivity index (χ1v) is 11.4. The minimum absolute atomic E-state index is 0.123. The van der Waals surface area contributed by atoms with Crippen molar-refractivity contribution in [2.75, 3.05) is 13.2 Å². The molecule has 1 aliphatic rings. The van der Waals surface area contributed by atoms with E-state index in [-0.39, 0.29) is 12.0 Å². The molecular formula is C21H20BrN3O6S. The van der Waals surface area contributed by atoms with Gasteiger partial charge in [-0.05, 0) is 48.8 Å². The van der Waals surface area contributed by atoms with E-state index < -0.39 is 46.9 Å². The van der Waals surface area contributed by atoms with Crippen LogP contribution in [-0.2, 0) is 9.53 Å². The van der Waals surface area contributed by atoms with Crippen molar-refractivity contribution in [3.63, 3.8) is 0 Å². The highest BCUT2D eigenvalue weighted by atomic mass is 79.9. The fourth-order valence-electron chi connectivity index (χ4n) is 3.53. The fraction of sp³-hybridized carbons (Fsp3) is 0.333. The summed E-state index contributed by atoms with van der Waals surface area (Å²) in [6, 6.07) is 2.67. The fourth-order valence-corrected chi connectivity index (χ4v) is 4.57. The first-order valence-electron chi connectivity index (χ1n) is 9.69. The molecular weight excluding hydrogens is 502 g/mol. The third kappa shape index (κ3) is 3.97. The molecule has 0 spiro atoms. The SMILES string of the molecule is CC(C)(C)OC(=O)CNC(=O)c1c(O)c2ccc(Br)c3c2n(c1=O)C(c1cscn1)CO3. The van der Waals surface area contributed by atoms with Gasteiger partial charge in [-0.1, -0.05) is 0 Å². The maximum Gasteiger partial charge on any atom is 0.325 e. The number of hydrogen-bond acceptors (Lipinski definition) is 8. The summed E-state index contributed by atoms with van der Waals surface area (Å²) in [7, 11) is 0. The van der Waals surface area contributed by atoms with E-state index in [2.05, 4.69) is 26.2 Å². The lowest BCUT2D eigenvalue weighted by atomic mass is 10.0. The standard InChI is InChI=1S/C21H20BrN3O6S/c1-21(2,3)31-14(26)6-23-19(28)15-17(27)10-4-5-11(22)18-16(10)25(20(15)29)13(7-30-18)12-8-32-9-24-12/h4-5,8-9,13,27H,6-7H2,1-3H3,(H,23,28). The Kier molecular flexibility index (Phi) is 5.72. The van der Waals surface area contributed by atoms with Gasteiger partial charge in [0.15, 0.2) is 5.75 Å². The number of esters is 1. The number of carbonyl (C=O) groups excluding carboxylic acids is 2. The lowest BCUT2D eigenvalue weighted by molar-refractivity contribution is -0.153. The first kappa shape index (κ1) is 22.3. The van der Waals surface area contributed by atoms with Crippen molar-refractivity contribution in [2.45, 2.75) is 32.4 Å². The van der Waals surface area contributed by atoms with Crippen LogP contribution in [0, 0.1) is 0 Å². The van der Waals surface area contributed by atoms with Crippen LogP contribution in [-0.4, -0.2) is 45.3 Å². The summed E-state index contributed by atoms with van der Waals surface area (Å²) in [5, 5.41) is 15.3. The maximum absolute atomic E-state index is 13.5. The van der Waals surface area contributed by atoms with E-state index in [1.54, 1.807) is 43.8 Å². The van der Waals surface area contributed by atoms with Gasteiger partial charge >= 0.3 is 5.97 Å². The smallest absolute Gasteiger partial charge is 0.325 e. The van der Waals surface area contributed by atoms with Gasteiger partial charge in [0.05, 0.1) is 21.2 Å². The molecule has 0 saturated carbocycles. The van der Waals surface area contributed by atoms with Crippen LogP contribution in [0.5, 0.6) is 11.5 Å². The predicted molar refractivity (Wildman–Crippen MR) is 121 cm³/mol. The van der Waals surface area contributed by atoms with Gasteiger partial charge in [0, 0.05) is 10.8 Å². The molecule has 3 aromatic rings. The molecule has 4 rings (SSSR count). The summed E-state index contributed by atoms with van der Waals surface area (Å²) in [5.74, 6) is -1.63. The van der Waals surface area contributed by atoms with Gasteiger partial charge in [0.1, 0.15) is 36.1 Å². The van der Waals surface area contributed by atoms with Gasteiger partial charge in [-0.15, -0.1) is 11.3 Å². The van der Waals surface area contributed by atoms with Gasteiger partial charge in [0.25, 0.3) is 11.5 Å². The summed E-state index contributed by atoms with van der Waals surface area (Å²) < 4.78 is 13.1. The van der Waals surface area contributed by atoms with Crippen LogP contribution in [0.1, 0.15) is 42.9 Å². The second-order valence-corrected chi connectivity index (χ2v) is 9.75. The summed E-state index contributed by atoms with van der Waals surface area (Å²) >= 11 is 4.78. The van der Waals surface area contributed by atoms with Gasteiger partial charge in [0.2, 0.25) is 0 Å². The average Bonchev–Trinajstić information content (AvgIpc) is 3.24. The Labute approximate surface area is 195 Å². The number of thiazole rings is 1. The molecule has 1 amide bonds. The minimum Gasteiger partial charge on any atom is -0.506 e. The highest BCUT2D eigenvalue weighted by molar-refractivity contribution is 9.10. The number of aromatic hydroxyl groups is 1.